The van der Waals surface area contributed by atoms with Crippen LogP contribution in [0.2, 0.25) is 0 Å². The molecule has 4 N–H and O–H groups in total. The average Bonchev–Trinajstić information content (AvgIpc) is 3.46. The van der Waals surface area contributed by atoms with Gasteiger partial charge in [0.1, 0.15) is 5.69 Å². The number of carbonyl (C=O) groups excluding carboxylic acids is 2. The minimum Gasteiger partial charge on any atom is -0.369 e. The van der Waals surface area contributed by atoms with Gasteiger partial charge in [-0.3, -0.25) is 18.7 Å². The molecular weight excluding hydrogens is 614 g/mol. The second kappa shape index (κ2) is 10.6. The molecule has 1 atom stereocenters. The Morgan fingerprint density at radius 1 is 1.12 bits per heavy atom. The molecule has 41 heavy (non-hydrogen) atoms. The summed E-state index contributed by atoms with van der Waals surface area (Å²) in [4.78, 5) is 31.2. The van der Waals surface area contributed by atoms with E-state index in [4.69, 9.17) is 0 Å². The number of aromatic nitrogens is 1. The summed E-state index contributed by atoms with van der Waals surface area (Å²) in [5, 5.41) is 11.7. The van der Waals surface area contributed by atoms with Crippen LogP contribution in [0.5, 0.6) is 0 Å². The summed E-state index contributed by atoms with van der Waals surface area (Å²) in [6.45, 7) is 1.96. The molecule has 1 aromatic carbocycles. The zero-order valence-electron chi connectivity index (χ0n) is 20.9. The van der Waals surface area contributed by atoms with Crippen LogP contribution in [-0.2, 0) is 5.60 Å². The van der Waals surface area contributed by atoms with Gasteiger partial charge in [0.15, 0.2) is 5.01 Å². The summed E-state index contributed by atoms with van der Waals surface area (Å²) in [6.07, 6.45) is -15.1. The third kappa shape index (κ3) is 5.76. The van der Waals surface area contributed by atoms with E-state index >= 15 is 0 Å². The van der Waals surface area contributed by atoms with Gasteiger partial charge in [0.25, 0.3) is 23.8 Å². The van der Waals surface area contributed by atoms with Crippen LogP contribution >= 0.6 is 21.9 Å². The first-order chi connectivity index (χ1) is 18.8. The Kier molecular flexibility index (Phi) is 8.14. The molecule has 4 rings (SSSR count). The van der Waals surface area contributed by atoms with Gasteiger partial charge in [0, 0.05) is 29.3 Å². The van der Waals surface area contributed by atoms with Crippen molar-refractivity contribution in [1.82, 2.24) is 15.2 Å². The smallest absolute Gasteiger partial charge is 0.369 e. The number of thiazole rings is 1. The van der Waals surface area contributed by atoms with Crippen molar-refractivity contribution in [3.63, 3.8) is 0 Å². The minimum absolute atomic E-state index is 0.133. The Morgan fingerprint density at radius 3 is 2.22 bits per heavy atom. The number of hydrogen-bond donors (Lipinski definition) is 4. The summed E-state index contributed by atoms with van der Waals surface area (Å²) in [6, 6.07) is -0.434. The first-order valence-corrected chi connectivity index (χ1v) is 14.6. The third-order valence-corrected chi connectivity index (χ3v) is 9.84. The number of hydrogen-bond acceptors (Lipinski definition) is 7. The normalized spacial score (nSPS) is 20.7. The van der Waals surface area contributed by atoms with Gasteiger partial charge in [0.2, 0.25) is 0 Å². The number of benzene rings is 1. The molecule has 0 saturated carbocycles. The van der Waals surface area contributed by atoms with Gasteiger partial charge in [-0.2, -0.15) is 36.9 Å². The molecule has 2 aliphatic rings. The first-order valence-electron chi connectivity index (χ1n) is 11.9. The maximum atomic E-state index is 14.2. The number of aliphatic hydroxyl groups is 1. The number of likely N-dealkylation sites (tertiary alicyclic amines) is 1. The van der Waals surface area contributed by atoms with Crippen LogP contribution in [0.3, 0.4) is 0 Å². The predicted molar refractivity (Wildman–Crippen MR) is 132 cm³/mol. The highest BCUT2D eigenvalue weighted by atomic mass is 32.3. The number of rotatable bonds is 6. The molecule has 2 saturated heterocycles. The van der Waals surface area contributed by atoms with E-state index in [-0.39, 0.29) is 36.2 Å². The van der Waals surface area contributed by atoms with E-state index < -0.39 is 85.1 Å². The zero-order valence-corrected chi connectivity index (χ0v) is 22.5. The molecule has 0 spiro atoms. The second-order valence-corrected chi connectivity index (χ2v) is 13.1. The van der Waals surface area contributed by atoms with Crippen molar-refractivity contribution in [2.75, 3.05) is 18.1 Å². The molecule has 8 nitrogen and oxygen atoms in total. The van der Waals surface area contributed by atoms with Crippen LogP contribution in [0.4, 0.5) is 35.1 Å². The molecule has 1 aromatic heterocycles. The van der Waals surface area contributed by atoms with Gasteiger partial charge >= 0.3 is 12.4 Å². The van der Waals surface area contributed by atoms with E-state index in [2.05, 4.69) is 10.3 Å². The fourth-order valence-electron chi connectivity index (χ4n) is 4.70. The molecule has 1 unspecified atom stereocenters. The van der Waals surface area contributed by atoms with Gasteiger partial charge in [-0.1, -0.05) is 12.1 Å². The van der Waals surface area contributed by atoms with Crippen molar-refractivity contribution in [3.8, 4) is 10.4 Å². The number of carbonyl (C=O) groups is 2. The van der Waals surface area contributed by atoms with Crippen molar-refractivity contribution in [1.29, 1.82) is 0 Å². The lowest BCUT2D eigenvalue weighted by Crippen LogP contribution is -2.54. The SMILES string of the molecule is CC1CCCN1C(=O)c1nc(C(=O)NC2CS(O)(O)C2)sc1-c1ccc(C(O)(C(F)(F)F)C(F)(F)F)cc1C(F)F. The molecule has 0 radical (unpaired) electrons. The van der Waals surface area contributed by atoms with Gasteiger partial charge in [-0.05, 0) is 25.8 Å². The fourth-order valence-corrected chi connectivity index (χ4v) is 7.07. The quantitative estimate of drug-likeness (QED) is 0.309. The van der Waals surface area contributed by atoms with E-state index in [0.717, 1.165) is 0 Å². The molecule has 3 heterocycles. The topological polar surface area (TPSA) is 123 Å². The summed E-state index contributed by atoms with van der Waals surface area (Å²) in [7, 11) is -2.84. The molecule has 18 heteroatoms. The molecular formula is C23H23F8N3O5S2. The van der Waals surface area contributed by atoms with Gasteiger partial charge < -0.3 is 15.3 Å². The lowest BCUT2D eigenvalue weighted by atomic mass is 9.89. The van der Waals surface area contributed by atoms with Gasteiger partial charge in [-0.15, -0.1) is 11.3 Å². The molecule has 2 amide bonds. The maximum Gasteiger partial charge on any atom is 0.430 e. The van der Waals surface area contributed by atoms with Gasteiger partial charge in [-0.25, -0.2) is 13.8 Å². The lowest BCUT2D eigenvalue weighted by Gasteiger charge is -2.46. The number of halogens is 8. The van der Waals surface area contributed by atoms with Crippen LogP contribution in [0.15, 0.2) is 18.2 Å². The van der Waals surface area contributed by atoms with Crippen LogP contribution in [0.1, 0.15) is 57.6 Å². The summed E-state index contributed by atoms with van der Waals surface area (Å²) in [5.74, 6) is -1.98. The van der Waals surface area contributed by atoms with E-state index in [9.17, 15) is 58.9 Å². The van der Waals surface area contributed by atoms with Crippen molar-refractivity contribution < 1.29 is 58.9 Å². The Balaban J connectivity index is 1.83. The second-order valence-electron chi connectivity index (χ2n) is 9.80. The minimum atomic E-state index is -6.32. The standard InChI is InChI=1S/C23H23F8N3O5S2/c1-10-3-2-6-34(10)20(36)15-16(40-19(33-15)18(35)32-12-8-41(38,39)9-12)13-5-4-11(7-14(13)17(24)25)21(37,22(26,27)28)23(29,30)31/h4-5,7,10,12,17,37-39H,2-3,6,8-9H2,1H3,(H,32,35). The number of nitrogens with zero attached hydrogens (tertiary/aromatic N) is 2. The molecule has 0 bridgehead atoms. The van der Waals surface area contributed by atoms with Crippen molar-refractivity contribution in [3.05, 3.63) is 40.0 Å². The molecule has 2 fully saturated rings. The number of nitrogens with one attached hydrogen (secondary N) is 1. The van der Waals surface area contributed by atoms with Crippen LogP contribution in [0, 0.1) is 0 Å². The van der Waals surface area contributed by atoms with E-state index in [0.29, 0.717) is 30.2 Å². The monoisotopic (exact) mass is 637 g/mol. The van der Waals surface area contributed by atoms with E-state index in [1.165, 1.54) is 4.90 Å². The predicted octanol–water partition coefficient (Wildman–Crippen LogP) is 5.55. The summed E-state index contributed by atoms with van der Waals surface area (Å²) in [5.41, 5.74) is -9.90. The Labute approximate surface area is 232 Å². The number of amides is 2. The Bertz CT molecular complexity index is 1330. The third-order valence-electron chi connectivity index (χ3n) is 6.88. The van der Waals surface area contributed by atoms with E-state index in [1.807, 2.05) is 0 Å². The van der Waals surface area contributed by atoms with Crippen LogP contribution in [-0.4, -0.2) is 78.4 Å². The van der Waals surface area contributed by atoms with Crippen molar-refractivity contribution in [2.45, 2.75) is 56.2 Å². The van der Waals surface area contributed by atoms with E-state index in [1.54, 1.807) is 6.92 Å². The molecule has 2 aliphatic heterocycles. The highest BCUT2D eigenvalue weighted by Crippen LogP contribution is 2.52. The Morgan fingerprint density at radius 2 is 1.73 bits per heavy atom. The zero-order chi connectivity index (χ0) is 30.7. The largest absolute Gasteiger partial charge is 0.430 e. The summed E-state index contributed by atoms with van der Waals surface area (Å²) >= 11 is 0.412. The number of alkyl halides is 8. The molecule has 228 valence electrons. The fraction of sp³-hybridized carbons (Fsp3) is 0.522. The maximum absolute atomic E-state index is 14.2. The molecule has 0 aliphatic carbocycles. The van der Waals surface area contributed by atoms with Gasteiger partial charge in [0.05, 0.1) is 22.4 Å². The van der Waals surface area contributed by atoms with Crippen LogP contribution < -0.4 is 5.32 Å². The first kappa shape index (κ1) is 31.4. The van der Waals surface area contributed by atoms with Crippen molar-refractivity contribution >= 4 is 33.7 Å². The van der Waals surface area contributed by atoms with Crippen molar-refractivity contribution in [2.24, 2.45) is 0 Å². The lowest BCUT2D eigenvalue weighted by molar-refractivity contribution is -0.376. The highest BCUT2D eigenvalue weighted by Gasteiger charge is 2.71. The molecule has 2 aromatic rings. The highest BCUT2D eigenvalue weighted by molar-refractivity contribution is 8.25. The average molecular weight is 638 g/mol. The summed E-state index contributed by atoms with van der Waals surface area (Å²) < 4.78 is 128. The Hall–Kier alpha value is -2.54. The van der Waals surface area contributed by atoms with Crippen LogP contribution in [0.25, 0.3) is 10.4 Å².